The van der Waals surface area contributed by atoms with Gasteiger partial charge in [-0.25, -0.2) is 4.39 Å². The Hall–Kier alpha value is -2.47. The maximum Gasteiger partial charge on any atom is 0.217 e. The first-order valence-corrected chi connectivity index (χ1v) is 9.34. The third-order valence-corrected chi connectivity index (χ3v) is 6.67. The van der Waals surface area contributed by atoms with Crippen molar-refractivity contribution in [2.24, 2.45) is 16.7 Å². The van der Waals surface area contributed by atoms with E-state index in [9.17, 15) is 20.2 Å². The summed E-state index contributed by atoms with van der Waals surface area (Å²) in [5.41, 5.74) is -3.34. The highest BCUT2D eigenvalue weighted by molar-refractivity contribution is 9.10. The molecule has 1 aromatic rings. The van der Waals surface area contributed by atoms with Gasteiger partial charge in [-0.2, -0.15) is 15.8 Å². The lowest BCUT2D eigenvalue weighted by Gasteiger charge is -2.51. The summed E-state index contributed by atoms with van der Waals surface area (Å²) in [5.74, 6) is -2.67. The summed E-state index contributed by atoms with van der Waals surface area (Å²) in [5, 5.41) is 38.7. The van der Waals surface area contributed by atoms with Gasteiger partial charge < -0.3 is 9.47 Å². The summed E-state index contributed by atoms with van der Waals surface area (Å²) in [4.78, 5) is 0. The fraction of sp³-hybridized carbons (Fsp3) is 0.474. The summed E-state index contributed by atoms with van der Waals surface area (Å²) in [7, 11) is 0. The van der Waals surface area contributed by atoms with Crippen molar-refractivity contribution >= 4 is 21.8 Å². The molecule has 2 heterocycles. The second-order valence-electron chi connectivity index (χ2n) is 7.16. The Morgan fingerprint density at radius 2 is 1.93 bits per heavy atom. The lowest BCUT2D eigenvalue weighted by atomic mass is 9.51. The van der Waals surface area contributed by atoms with E-state index in [4.69, 9.17) is 14.9 Å². The second kappa shape index (κ2) is 5.76. The zero-order valence-electron chi connectivity index (χ0n) is 14.1. The molecule has 3 fully saturated rings. The highest BCUT2D eigenvalue weighted by atomic mass is 79.9. The number of rotatable bonds is 1. The van der Waals surface area contributed by atoms with Crippen molar-refractivity contribution in [2.75, 3.05) is 0 Å². The molecule has 4 atom stereocenters. The second-order valence-corrected chi connectivity index (χ2v) is 8.02. The average Bonchev–Trinajstić information content (AvgIpc) is 2.89. The first-order valence-electron chi connectivity index (χ1n) is 8.55. The van der Waals surface area contributed by atoms with E-state index in [1.807, 2.05) is 12.1 Å². The molecule has 0 aromatic heterocycles. The van der Waals surface area contributed by atoms with Gasteiger partial charge in [-0.05, 0) is 46.5 Å². The maximum absolute atomic E-state index is 13.7. The van der Waals surface area contributed by atoms with Crippen LogP contribution in [0.3, 0.4) is 0 Å². The number of ether oxygens (including phenoxy) is 2. The van der Waals surface area contributed by atoms with Crippen LogP contribution >= 0.6 is 15.9 Å². The number of nitriles is 3. The number of benzene rings is 1. The van der Waals surface area contributed by atoms with Crippen LogP contribution in [-0.2, 0) is 9.47 Å². The van der Waals surface area contributed by atoms with Gasteiger partial charge in [0.2, 0.25) is 17.1 Å². The first-order chi connectivity index (χ1) is 12.9. The summed E-state index contributed by atoms with van der Waals surface area (Å²) >= 11 is 3.11. The normalized spacial score (nSPS) is 35.9. The van der Waals surface area contributed by atoms with E-state index in [1.54, 1.807) is 0 Å². The molecule has 4 rings (SSSR count). The highest BCUT2D eigenvalue weighted by Crippen LogP contribution is 2.69. The van der Waals surface area contributed by atoms with E-state index < -0.39 is 34.5 Å². The minimum absolute atomic E-state index is 0.158. The van der Waals surface area contributed by atoms with Crippen LogP contribution in [0.4, 0.5) is 4.39 Å². The summed E-state index contributed by atoms with van der Waals surface area (Å²) in [6, 6.07) is 10.2. The number of hydrogen-bond donors (Lipinski definition) is 1. The largest absolute Gasteiger partial charge is 0.447 e. The van der Waals surface area contributed by atoms with E-state index in [0.29, 0.717) is 18.4 Å². The topological polar surface area (TPSA) is 114 Å². The number of nitrogens with one attached hydrogen (secondary N) is 1. The lowest BCUT2D eigenvalue weighted by Crippen LogP contribution is -2.60. The monoisotopic (exact) mass is 428 g/mol. The summed E-state index contributed by atoms with van der Waals surface area (Å²) < 4.78 is 25.9. The van der Waals surface area contributed by atoms with Gasteiger partial charge in [0.1, 0.15) is 11.9 Å². The Morgan fingerprint density at radius 1 is 1.19 bits per heavy atom. The Kier molecular flexibility index (Phi) is 3.82. The van der Waals surface area contributed by atoms with Gasteiger partial charge in [0.05, 0.1) is 28.6 Å². The molecular weight excluding hydrogens is 415 g/mol. The van der Waals surface area contributed by atoms with E-state index in [0.717, 1.165) is 12.8 Å². The molecule has 6 nitrogen and oxygen atoms in total. The van der Waals surface area contributed by atoms with E-state index in [-0.39, 0.29) is 10.4 Å². The highest BCUT2D eigenvalue weighted by Gasteiger charge is 2.80. The van der Waals surface area contributed by atoms with Gasteiger partial charge in [-0.3, -0.25) is 5.41 Å². The van der Waals surface area contributed by atoms with Crippen molar-refractivity contribution < 1.29 is 13.9 Å². The van der Waals surface area contributed by atoms with Crippen LogP contribution in [0.25, 0.3) is 0 Å². The van der Waals surface area contributed by atoms with Crippen LogP contribution in [-0.4, -0.2) is 11.7 Å². The summed E-state index contributed by atoms with van der Waals surface area (Å²) in [6.45, 7) is 0. The minimum Gasteiger partial charge on any atom is -0.447 e. The van der Waals surface area contributed by atoms with Gasteiger partial charge in [0.25, 0.3) is 0 Å². The van der Waals surface area contributed by atoms with E-state index in [1.165, 1.54) is 18.2 Å². The fourth-order valence-electron chi connectivity index (χ4n) is 4.84. The Bertz CT molecular complexity index is 963. The standard InChI is InChI=1S/C19H14BrFN4O2/c20-12-7-11(4-5-13(12)21)15-17(8-22,9-23)18(10-24)14-3-1-2-6-19(14,26-15)27-16(18)25/h4-5,7,14-15,25H,1-3,6H2. The van der Waals surface area contributed by atoms with E-state index >= 15 is 0 Å². The lowest BCUT2D eigenvalue weighted by molar-refractivity contribution is -0.294. The van der Waals surface area contributed by atoms with Crippen molar-refractivity contribution in [3.8, 4) is 18.2 Å². The van der Waals surface area contributed by atoms with Gasteiger partial charge in [-0.1, -0.05) is 12.5 Å². The molecule has 2 saturated heterocycles. The molecule has 4 unspecified atom stereocenters. The minimum atomic E-state index is -1.99. The Morgan fingerprint density at radius 3 is 2.56 bits per heavy atom. The molecular formula is C19H14BrFN4O2. The number of hydrogen-bond acceptors (Lipinski definition) is 6. The smallest absolute Gasteiger partial charge is 0.217 e. The number of halogens is 2. The van der Waals surface area contributed by atoms with Crippen molar-refractivity contribution in [3.63, 3.8) is 0 Å². The van der Waals surface area contributed by atoms with Gasteiger partial charge in [-0.15, -0.1) is 0 Å². The molecule has 2 aliphatic heterocycles. The first kappa shape index (κ1) is 17.9. The third kappa shape index (κ3) is 1.96. The molecule has 136 valence electrons. The Balaban J connectivity index is 2.00. The Labute approximate surface area is 163 Å². The van der Waals surface area contributed by atoms with E-state index in [2.05, 4.69) is 22.0 Å². The van der Waals surface area contributed by atoms with Gasteiger partial charge in [0.15, 0.2) is 5.41 Å². The van der Waals surface area contributed by atoms with Gasteiger partial charge >= 0.3 is 0 Å². The molecule has 0 radical (unpaired) electrons. The average molecular weight is 429 g/mol. The van der Waals surface area contributed by atoms with Crippen LogP contribution in [0.1, 0.15) is 37.4 Å². The van der Waals surface area contributed by atoms with Crippen molar-refractivity contribution in [3.05, 3.63) is 34.1 Å². The zero-order chi connectivity index (χ0) is 19.4. The van der Waals surface area contributed by atoms with Crippen LogP contribution in [0.15, 0.2) is 22.7 Å². The molecule has 3 aliphatic rings. The van der Waals surface area contributed by atoms with Crippen LogP contribution in [0.5, 0.6) is 0 Å². The molecule has 1 aliphatic carbocycles. The third-order valence-electron chi connectivity index (χ3n) is 6.06. The van der Waals surface area contributed by atoms with Crippen molar-refractivity contribution in [1.82, 2.24) is 0 Å². The molecule has 1 N–H and O–H groups in total. The predicted molar refractivity (Wildman–Crippen MR) is 93.1 cm³/mol. The number of nitrogens with zero attached hydrogens (tertiary/aromatic N) is 3. The predicted octanol–water partition coefficient (Wildman–Crippen LogP) is 4.10. The van der Waals surface area contributed by atoms with Crippen LogP contribution in [0.2, 0.25) is 0 Å². The molecule has 8 heteroatoms. The van der Waals surface area contributed by atoms with Crippen LogP contribution in [0, 0.1) is 62.0 Å². The van der Waals surface area contributed by atoms with Gasteiger partial charge in [0, 0.05) is 6.42 Å². The quantitative estimate of drug-likeness (QED) is 0.722. The van der Waals surface area contributed by atoms with Crippen molar-refractivity contribution in [2.45, 2.75) is 37.6 Å². The maximum atomic E-state index is 13.7. The molecule has 1 saturated carbocycles. The molecule has 27 heavy (non-hydrogen) atoms. The van der Waals surface area contributed by atoms with Crippen molar-refractivity contribution in [1.29, 1.82) is 21.2 Å². The zero-order valence-corrected chi connectivity index (χ0v) is 15.7. The molecule has 2 bridgehead atoms. The molecule has 1 aromatic carbocycles. The van der Waals surface area contributed by atoms with Crippen LogP contribution < -0.4 is 0 Å². The SMILES string of the molecule is N#CC1(C#N)C(c2ccc(F)c(Br)c2)OC23CCCCC2C1(C#N)C(=N)O3. The molecule has 0 amide bonds. The fourth-order valence-corrected chi connectivity index (χ4v) is 5.23. The summed E-state index contributed by atoms with van der Waals surface area (Å²) in [6.07, 6.45) is 1.43. The molecule has 0 spiro atoms.